The van der Waals surface area contributed by atoms with Crippen molar-refractivity contribution in [2.75, 3.05) is 6.54 Å². The molecule has 4 heteroatoms. The van der Waals surface area contributed by atoms with E-state index in [2.05, 4.69) is 5.32 Å². The van der Waals surface area contributed by atoms with Gasteiger partial charge in [-0.05, 0) is 36.6 Å². The van der Waals surface area contributed by atoms with Gasteiger partial charge in [-0.3, -0.25) is 4.79 Å². The molecule has 1 amide bonds. The lowest BCUT2D eigenvalue weighted by atomic mass is 9.88. The van der Waals surface area contributed by atoms with E-state index in [1.807, 2.05) is 24.3 Å². The third-order valence-corrected chi connectivity index (χ3v) is 3.20. The number of nitrogens with two attached hydrogens (primary N) is 1. The number of hydrogen-bond acceptors (Lipinski definition) is 2. The molecule has 0 radical (unpaired) electrons. The molecule has 0 spiro atoms. The van der Waals surface area contributed by atoms with Crippen molar-refractivity contribution in [3.8, 4) is 0 Å². The second-order valence-electron chi connectivity index (χ2n) is 4.22. The molecule has 1 fully saturated rings. The van der Waals surface area contributed by atoms with Gasteiger partial charge >= 0.3 is 0 Å². The minimum atomic E-state index is 0.0495. The molecule has 1 saturated heterocycles. The van der Waals surface area contributed by atoms with Crippen LogP contribution in [0.4, 0.5) is 0 Å². The van der Waals surface area contributed by atoms with Crippen LogP contribution in [0.3, 0.4) is 0 Å². The van der Waals surface area contributed by atoms with E-state index in [4.69, 9.17) is 17.3 Å². The van der Waals surface area contributed by atoms with E-state index in [9.17, 15) is 4.79 Å². The van der Waals surface area contributed by atoms with E-state index >= 15 is 0 Å². The molecule has 0 saturated carbocycles. The lowest BCUT2D eigenvalue weighted by Gasteiger charge is -2.29. The van der Waals surface area contributed by atoms with Gasteiger partial charge in [-0.1, -0.05) is 23.7 Å². The van der Waals surface area contributed by atoms with Crippen molar-refractivity contribution < 1.29 is 4.79 Å². The van der Waals surface area contributed by atoms with Crippen LogP contribution in [0.1, 0.15) is 24.4 Å². The molecule has 2 unspecified atom stereocenters. The number of rotatable bonds is 2. The first-order chi connectivity index (χ1) is 7.69. The Morgan fingerprint density at radius 3 is 3.00 bits per heavy atom. The molecule has 1 aliphatic heterocycles. The van der Waals surface area contributed by atoms with Gasteiger partial charge in [-0.25, -0.2) is 0 Å². The summed E-state index contributed by atoms with van der Waals surface area (Å²) in [5.41, 5.74) is 6.68. The van der Waals surface area contributed by atoms with Crippen LogP contribution >= 0.6 is 11.6 Å². The largest absolute Gasteiger partial charge is 0.349 e. The Kier molecular flexibility index (Phi) is 3.46. The van der Waals surface area contributed by atoms with E-state index in [0.29, 0.717) is 18.0 Å². The maximum Gasteiger partial charge on any atom is 0.220 e. The normalized spacial score (nSPS) is 25.2. The summed E-state index contributed by atoms with van der Waals surface area (Å²) in [6.07, 6.45) is 1.43. The summed E-state index contributed by atoms with van der Waals surface area (Å²) in [7, 11) is 0. The zero-order valence-electron chi connectivity index (χ0n) is 8.95. The second-order valence-corrected chi connectivity index (χ2v) is 4.65. The van der Waals surface area contributed by atoms with Crippen LogP contribution in [-0.4, -0.2) is 12.5 Å². The Morgan fingerprint density at radius 2 is 2.31 bits per heavy atom. The van der Waals surface area contributed by atoms with Crippen molar-refractivity contribution in [2.45, 2.75) is 18.9 Å². The first kappa shape index (κ1) is 11.4. The highest BCUT2D eigenvalue weighted by molar-refractivity contribution is 6.30. The highest BCUT2D eigenvalue weighted by atomic mass is 35.5. The van der Waals surface area contributed by atoms with Crippen molar-refractivity contribution in [3.05, 3.63) is 34.9 Å². The molecule has 3 N–H and O–H groups in total. The Labute approximate surface area is 100.0 Å². The summed E-state index contributed by atoms with van der Waals surface area (Å²) >= 11 is 5.93. The molecule has 1 aromatic carbocycles. The van der Waals surface area contributed by atoms with Crippen LogP contribution in [0.2, 0.25) is 5.02 Å². The number of carbonyl (C=O) groups is 1. The molecule has 1 aromatic rings. The van der Waals surface area contributed by atoms with Crippen molar-refractivity contribution in [1.29, 1.82) is 0 Å². The van der Waals surface area contributed by atoms with Crippen molar-refractivity contribution in [2.24, 2.45) is 11.7 Å². The monoisotopic (exact) mass is 238 g/mol. The lowest BCUT2D eigenvalue weighted by molar-refractivity contribution is -0.124. The molecule has 1 aliphatic rings. The minimum Gasteiger partial charge on any atom is -0.349 e. The van der Waals surface area contributed by atoms with Gasteiger partial charge in [0.05, 0.1) is 6.04 Å². The third kappa shape index (κ3) is 2.54. The average Bonchev–Trinajstić information content (AvgIpc) is 2.28. The third-order valence-electron chi connectivity index (χ3n) is 2.96. The SMILES string of the molecule is NCC1CC(=O)NC(c2cccc(Cl)c2)C1. The number of carbonyl (C=O) groups excluding carboxylic acids is 1. The molecular weight excluding hydrogens is 224 g/mol. The van der Waals surface area contributed by atoms with Crippen molar-refractivity contribution in [3.63, 3.8) is 0 Å². The number of benzene rings is 1. The minimum absolute atomic E-state index is 0.0495. The fourth-order valence-corrected chi connectivity index (χ4v) is 2.31. The fourth-order valence-electron chi connectivity index (χ4n) is 2.11. The van der Waals surface area contributed by atoms with Gasteiger partial charge in [0.2, 0.25) is 5.91 Å². The molecule has 0 aromatic heterocycles. The summed E-state index contributed by atoms with van der Waals surface area (Å²) in [4.78, 5) is 11.5. The highest BCUT2D eigenvalue weighted by Gasteiger charge is 2.26. The van der Waals surface area contributed by atoms with Gasteiger partial charge in [0, 0.05) is 11.4 Å². The molecule has 1 heterocycles. The zero-order valence-corrected chi connectivity index (χ0v) is 9.70. The number of halogens is 1. The Hall–Kier alpha value is -1.06. The maximum atomic E-state index is 11.5. The van der Waals surface area contributed by atoms with Crippen molar-refractivity contribution >= 4 is 17.5 Å². The summed E-state index contributed by atoms with van der Waals surface area (Å²) in [5, 5.41) is 3.67. The first-order valence-electron chi connectivity index (χ1n) is 5.44. The molecule has 2 atom stereocenters. The number of amides is 1. The number of piperidine rings is 1. The molecule has 0 aliphatic carbocycles. The van der Waals surface area contributed by atoms with Gasteiger partial charge in [0.25, 0.3) is 0 Å². The van der Waals surface area contributed by atoms with E-state index < -0.39 is 0 Å². The second kappa shape index (κ2) is 4.85. The summed E-state index contributed by atoms with van der Waals surface area (Å²) in [6.45, 7) is 0.560. The van der Waals surface area contributed by atoms with Crippen LogP contribution < -0.4 is 11.1 Å². The molecular formula is C12H15ClN2O. The predicted molar refractivity (Wildman–Crippen MR) is 64.1 cm³/mol. The predicted octanol–water partition coefficient (Wildman–Crippen LogP) is 1.87. The molecule has 0 bridgehead atoms. The van der Waals surface area contributed by atoms with Gasteiger partial charge in [0.1, 0.15) is 0 Å². The smallest absolute Gasteiger partial charge is 0.220 e. The van der Waals surface area contributed by atoms with Crippen LogP contribution in [0, 0.1) is 5.92 Å². The van der Waals surface area contributed by atoms with Gasteiger partial charge in [-0.2, -0.15) is 0 Å². The lowest BCUT2D eigenvalue weighted by Crippen LogP contribution is -2.39. The van der Waals surface area contributed by atoms with Crippen LogP contribution in [0.25, 0.3) is 0 Å². The summed E-state index contributed by atoms with van der Waals surface area (Å²) in [6, 6.07) is 7.65. The Bertz CT molecular complexity index is 394. The number of hydrogen-bond donors (Lipinski definition) is 2. The maximum absolute atomic E-state index is 11.5. The van der Waals surface area contributed by atoms with Crippen LogP contribution in [0.5, 0.6) is 0 Å². The van der Waals surface area contributed by atoms with E-state index in [-0.39, 0.29) is 17.9 Å². The molecule has 16 heavy (non-hydrogen) atoms. The van der Waals surface area contributed by atoms with E-state index in [0.717, 1.165) is 12.0 Å². The Balaban J connectivity index is 2.17. The van der Waals surface area contributed by atoms with Crippen LogP contribution in [-0.2, 0) is 4.79 Å². The van der Waals surface area contributed by atoms with E-state index in [1.54, 1.807) is 0 Å². The summed E-state index contributed by atoms with van der Waals surface area (Å²) in [5.74, 6) is 0.351. The zero-order chi connectivity index (χ0) is 11.5. The average molecular weight is 239 g/mol. The summed E-state index contributed by atoms with van der Waals surface area (Å²) < 4.78 is 0. The quantitative estimate of drug-likeness (QED) is 0.827. The van der Waals surface area contributed by atoms with Gasteiger partial charge < -0.3 is 11.1 Å². The molecule has 3 nitrogen and oxygen atoms in total. The molecule has 2 rings (SSSR count). The van der Waals surface area contributed by atoms with E-state index in [1.165, 1.54) is 0 Å². The van der Waals surface area contributed by atoms with Gasteiger partial charge in [-0.15, -0.1) is 0 Å². The van der Waals surface area contributed by atoms with Crippen LogP contribution in [0.15, 0.2) is 24.3 Å². The standard InChI is InChI=1S/C12H15ClN2O/c13-10-3-1-2-9(6-10)11-4-8(7-14)5-12(16)15-11/h1-3,6,8,11H,4-5,7,14H2,(H,15,16). The highest BCUT2D eigenvalue weighted by Crippen LogP contribution is 2.28. The topological polar surface area (TPSA) is 55.1 Å². The first-order valence-corrected chi connectivity index (χ1v) is 5.81. The van der Waals surface area contributed by atoms with Crippen molar-refractivity contribution in [1.82, 2.24) is 5.32 Å². The Morgan fingerprint density at radius 1 is 1.50 bits per heavy atom. The molecule has 86 valence electrons. The number of nitrogens with one attached hydrogen (secondary N) is 1. The van der Waals surface area contributed by atoms with Gasteiger partial charge in [0.15, 0.2) is 0 Å². The fraction of sp³-hybridized carbons (Fsp3) is 0.417.